The van der Waals surface area contributed by atoms with Crippen molar-refractivity contribution in [1.82, 2.24) is 5.32 Å². The molecule has 2 N–H and O–H groups in total. The molecule has 0 radical (unpaired) electrons. The number of rotatable bonds is 6. The molecule has 0 aliphatic carbocycles. The minimum absolute atomic E-state index is 0.0337. The Morgan fingerprint density at radius 2 is 1.72 bits per heavy atom. The van der Waals surface area contributed by atoms with Gasteiger partial charge in [0, 0.05) is 10.9 Å². The van der Waals surface area contributed by atoms with Crippen molar-refractivity contribution in [2.75, 3.05) is 18.1 Å². The summed E-state index contributed by atoms with van der Waals surface area (Å²) in [5, 5.41) is 8.75. The lowest BCUT2D eigenvalue weighted by Crippen LogP contribution is -2.30. The number of nitrogens with one attached hydrogen (secondary N) is 2. The van der Waals surface area contributed by atoms with Gasteiger partial charge in [-0.25, -0.2) is 0 Å². The van der Waals surface area contributed by atoms with Crippen LogP contribution in [0.4, 0.5) is 5.69 Å². The molecule has 0 spiro atoms. The number of carbonyl (C=O) groups is 1. The van der Waals surface area contributed by atoms with E-state index in [0.29, 0.717) is 0 Å². The molecule has 0 aliphatic heterocycles. The number of fused-ring (bicyclic) bond motifs is 1. The second-order valence-corrected chi connectivity index (χ2v) is 6.77. The van der Waals surface area contributed by atoms with Crippen molar-refractivity contribution in [2.45, 2.75) is 17.9 Å². The molecule has 128 valence electrons. The van der Waals surface area contributed by atoms with Crippen molar-refractivity contribution >= 4 is 34.1 Å². The molecule has 0 saturated carbocycles. The smallest absolute Gasteiger partial charge is 0.238 e. The van der Waals surface area contributed by atoms with E-state index in [1.165, 1.54) is 16.3 Å². The molecule has 0 unspecified atom stereocenters. The summed E-state index contributed by atoms with van der Waals surface area (Å²) in [5.41, 5.74) is 2.06. The summed E-state index contributed by atoms with van der Waals surface area (Å²) >= 11 is 1.62. The number of hydrogen-bond donors (Lipinski definition) is 2. The van der Waals surface area contributed by atoms with E-state index in [1.54, 1.807) is 11.8 Å². The Bertz CT molecular complexity index is 873. The standard InChI is InChI=1S/C21H22N2OS/c1-15(17-11-7-9-16-8-3-4-10-18(16)17)22-14-21(24)23-19-12-5-6-13-20(19)25-2/h3-13,15,22H,14H2,1-2H3,(H,23,24)/t15-/m1/s1. The van der Waals surface area contributed by atoms with Gasteiger partial charge in [-0.15, -0.1) is 11.8 Å². The van der Waals surface area contributed by atoms with Gasteiger partial charge in [0.15, 0.2) is 0 Å². The fourth-order valence-corrected chi connectivity index (χ4v) is 3.48. The summed E-state index contributed by atoms with van der Waals surface area (Å²) in [5.74, 6) is -0.0337. The van der Waals surface area contributed by atoms with Crippen molar-refractivity contribution in [3.8, 4) is 0 Å². The Hall–Kier alpha value is -2.30. The van der Waals surface area contributed by atoms with Gasteiger partial charge in [-0.3, -0.25) is 4.79 Å². The lowest BCUT2D eigenvalue weighted by Gasteiger charge is -2.17. The molecule has 25 heavy (non-hydrogen) atoms. The van der Waals surface area contributed by atoms with Crippen molar-refractivity contribution in [3.05, 3.63) is 72.3 Å². The van der Waals surface area contributed by atoms with Crippen LogP contribution in [0.1, 0.15) is 18.5 Å². The van der Waals surface area contributed by atoms with Gasteiger partial charge < -0.3 is 10.6 Å². The lowest BCUT2D eigenvalue weighted by molar-refractivity contribution is -0.115. The molecule has 0 heterocycles. The molecular formula is C21H22N2OS. The summed E-state index contributed by atoms with van der Waals surface area (Å²) in [4.78, 5) is 13.4. The Morgan fingerprint density at radius 1 is 1.00 bits per heavy atom. The quantitative estimate of drug-likeness (QED) is 0.624. The van der Waals surface area contributed by atoms with Gasteiger partial charge in [0.1, 0.15) is 0 Å². The van der Waals surface area contributed by atoms with Gasteiger partial charge in [0.25, 0.3) is 0 Å². The van der Waals surface area contributed by atoms with E-state index in [4.69, 9.17) is 0 Å². The topological polar surface area (TPSA) is 41.1 Å². The van der Waals surface area contributed by atoms with Crippen LogP contribution in [0.3, 0.4) is 0 Å². The van der Waals surface area contributed by atoms with Crippen molar-refractivity contribution in [1.29, 1.82) is 0 Å². The van der Waals surface area contributed by atoms with Crippen molar-refractivity contribution in [3.63, 3.8) is 0 Å². The predicted octanol–water partition coefficient (Wildman–Crippen LogP) is 4.85. The lowest BCUT2D eigenvalue weighted by atomic mass is 10.00. The summed E-state index contributed by atoms with van der Waals surface area (Å²) in [6.45, 7) is 2.36. The third kappa shape index (κ3) is 4.21. The number of amides is 1. The Kier molecular flexibility index (Phi) is 5.74. The Morgan fingerprint density at radius 3 is 2.56 bits per heavy atom. The molecule has 3 aromatic carbocycles. The Labute approximate surface area is 152 Å². The maximum Gasteiger partial charge on any atom is 0.238 e. The maximum absolute atomic E-state index is 12.3. The van der Waals surface area contributed by atoms with Gasteiger partial charge in [-0.2, -0.15) is 0 Å². The van der Waals surface area contributed by atoms with Crippen LogP contribution in [-0.4, -0.2) is 18.7 Å². The number of anilines is 1. The van der Waals surface area contributed by atoms with Crippen LogP contribution < -0.4 is 10.6 Å². The highest BCUT2D eigenvalue weighted by Gasteiger charge is 2.11. The molecule has 3 rings (SSSR count). The highest BCUT2D eigenvalue weighted by molar-refractivity contribution is 7.98. The van der Waals surface area contributed by atoms with E-state index < -0.39 is 0 Å². The minimum Gasteiger partial charge on any atom is -0.324 e. The van der Waals surface area contributed by atoms with Crippen molar-refractivity contribution < 1.29 is 4.79 Å². The first-order valence-electron chi connectivity index (χ1n) is 8.33. The van der Waals surface area contributed by atoms with Crippen LogP contribution in [0.2, 0.25) is 0 Å². The molecule has 1 atom stereocenters. The predicted molar refractivity (Wildman–Crippen MR) is 107 cm³/mol. The molecule has 0 saturated heterocycles. The van der Waals surface area contributed by atoms with Crippen LogP contribution in [0.25, 0.3) is 10.8 Å². The van der Waals surface area contributed by atoms with Crippen LogP contribution in [0, 0.1) is 0 Å². The molecule has 0 aliphatic rings. The van der Waals surface area contributed by atoms with Gasteiger partial charge in [-0.05, 0) is 41.6 Å². The largest absolute Gasteiger partial charge is 0.324 e. The molecule has 3 aromatic rings. The van der Waals surface area contributed by atoms with Gasteiger partial charge >= 0.3 is 0 Å². The van der Waals surface area contributed by atoms with Crippen LogP contribution >= 0.6 is 11.8 Å². The average molecular weight is 350 g/mol. The van der Waals surface area contributed by atoms with E-state index in [0.717, 1.165) is 10.6 Å². The molecule has 0 fully saturated rings. The van der Waals surface area contributed by atoms with Gasteiger partial charge in [0.05, 0.1) is 12.2 Å². The normalized spacial score (nSPS) is 12.1. The number of hydrogen-bond acceptors (Lipinski definition) is 3. The summed E-state index contributed by atoms with van der Waals surface area (Å²) < 4.78 is 0. The highest BCUT2D eigenvalue weighted by atomic mass is 32.2. The molecule has 3 nitrogen and oxygen atoms in total. The zero-order valence-electron chi connectivity index (χ0n) is 14.5. The third-order valence-corrected chi connectivity index (χ3v) is 5.04. The first kappa shape index (κ1) is 17.5. The van der Waals surface area contributed by atoms with Crippen LogP contribution in [0.15, 0.2) is 71.6 Å². The fourth-order valence-electron chi connectivity index (χ4n) is 2.93. The van der Waals surface area contributed by atoms with Crippen molar-refractivity contribution in [2.24, 2.45) is 0 Å². The summed E-state index contributed by atoms with van der Waals surface area (Å²) in [7, 11) is 0. The SMILES string of the molecule is CSc1ccccc1NC(=O)CN[C@H](C)c1cccc2ccccc12. The number of thioether (sulfide) groups is 1. The number of carbonyl (C=O) groups excluding carboxylic acids is 1. The summed E-state index contributed by atoms with van der Waals surface area (Å²) in [6, 6.07) is 22.5. The second-order valence-electron chi connectivity index (χ2n) is 5.92. The number of para-hydroxylation sites is 1. The molecular weight excluding hydrogens is 328 g/mol. The van der Waals surface area contributed by atoms with E-state index >= 15 is 0 Å². The first-order chi connectivity index (χ1) is 12.2. The number of benzene rings is 3. The molecule has 0 aromatic heterocycles. The van der Waals surface area contributed by atoms with E-state index in [-0.39, 0.29) is 18.5 Å². The third-order valence-electron chi connectivity index (χ3n) is 4.24. The van der Waals surface area contributed by atoms with Crippen LogP contribution in [-0.2, 0) is 4.79 Å². The fraction of sp³-hybridized carbons (Fsp3) is 0.190. The Balaban J connectivity index is 1.65. The van der Waals surface area contributed by atoms with E-state index in [2.05, 4.69) is 47.9 Å². The first-order valence-corrected chi connectivity index (χ1v) is 9.55. The zero-order chi connectivity index (χ0) is 17.6. The zero-order valence-corrected chi connectivity index (χ0v) is 15.3. The van der Waals surface area contributed by atoms with E-state index in [1.807, 2.05) is 42.7 Å². The molecule has 0 bridgehead atoms. The molecule has 4 heteroatoms. The van der Waals surface area contributed by atoms with Gasteiger partial charge in [-0.1, -0.05) is 54.6 Å². The minimum atomic E-state index is -0.0337. The van der Waals surface area contributed by atoms with E-state index in [9.17, 15) is 4.79 Å². The second kappa shape index (κ2) is 8.19. The van der Waals surface area contributed by atoms with Crippen LogP contribution in [0.5, 0.6) is 0 Å². The monoisotopic (exact) mass is 350 g/mol. The summed E-state index contributed by atoms with van der Waals surface area (Å²) in [6.07, 6.45) is 2.01. The van der Waals surface area contributed by atoms with Gasteiger partial charge in [0.2, 0.25) is 5.91 Å². The average Bonchev–Trinajstić information content (AvgIpc) is 2.66. The maximum atomic E-state index is 12.3. The highest BCUT2D eigenvalue weighted by Crippen LogP contribution is 2.25. The molecule has 1 amide bonds.